The maximum atomic E-state index is 12.9. The van der Waals surface area contributed by atoms with E-state index in [1.54, 1.807) is 24.3 Å². The van der Waals surface area contributed by atoms with Crippen molar-refractivity contribution in [3.05, 3.63) is 104 Å². The van der Waals surface area contributed by atoms with Crippen molar-refractivity contribution < 1.29 is 22.9 Å². The first-order chi connectivity index (χ1) is 14.6. The molecular formula is C22H16BrF3N2O3. The lowest BCUT2D eigenvalue weighted by molar-refractivity contribution is -0.384. The lowest BCUT2D eigenvalue weighted by atomic mass is 9.96. The summed E-state index contributed by atoms with van der Waals surface area (Å²) >= 11 is 3.30. The number of halogens is 4. The first-order valence-corrected chi connectivity index (χ1v) is 9.90. The van der Waals surface area contributed by atoms with E-state index in [0.717, 1.165) is 16.6 Å². The number of hydrogen-bond donors (Lipinski definition) is 1. The van der Waals surface area contributed by atoms with Gasteiger partial charge in [0, 0.05) is 34.3 Å². The molecule has 0 heterocycles. The molecule has 0 bridgehead atoms. The van der Waals surface area contributed by atoms with Crippen LogP contribution in [-0.2, 0) is 6.18 Å². The third-order valence-electron chi connectivity index (χ3n) is 4.62. The number of benzene rings is 3. The molecule has 0 aromatic heterocycles. The molecule has 1 atom stereocenters. The van der Waals surface area contributed by atoms with Gasteiger partial charge in [0.1, 0.15) is 0 Å². The van der Waals surface area contributed by atoms with Crippen LogP contribution in [0.25, 0.3) is 0 Å². The normalized spacial score (nSPS) is 12.3. The highest BCUT2D eigenvalue weighted by Gasteiger charge is 2.30. The van der Waals surface area contributed by atoms with Crippen molar-refractivity contribution in [2.24, 2.45) is 0 Å². The van der Waals surface area contributed by atoms with E-state index in [-0.39, 0.29) is 17.9 Å². The molecule has 31 heavy (non-hydrogen) atoms. The fourth-order valence-corrected chi connectivity index (χ4v) is 3.24. The summed E-state index contributed by atoms with van der Waals surface area (Å²) in [4.78, 5) is 23.1. The number of carbonyl (C=O) groups excluding carboxylic acids is 1. The summed E-state index contributed by atoms with van der Waals surface area (Å²) in [5, 5.41) is 13.9. The van der Waals surface area contributed by atoms with Crippen molar-refractivity contribution in [2.75, 3.05) is 5.32 Å². The molecule has 0 spiro atoms. The molecule has 9 heteroatoms. The smallest absolute Gasteiger partial charge is 0.378 e. The van der Waals surface area contributed by atoms with Gasteiger partial charge in [-0.1, -0.05) is 40.2 Å². The third-order valence-corrected chi connectivity index (χ3v) is 5.14. The van der Waals surface area contributed by atoms with Crippen LogP contribution in [0.4, 0.5) is 24.5 Å². The molecule has 3 aromatic rings. The summed E-state index contributed by atoms with van der Waals surface area (Å²) in [6.45, 7) is 0. The van der Waals surface area contributed by atoms with Crippen LogP contribution >= 0.6 is 15.9 Å². The molecule has 0 fully saturated rings. The first-order valence-electron chi connectivity index (χ1n) is 9.10. The number of non-ortho nitro benzene ring substituents is 1. The van der Waals surface area contributed by atoms with Crippen LogP contribution in [0.1, 0.15) is 33.9 Å². The zero-order chi connectivity index (χ0) is 22.6. The van der Waals surface area contributed by atoms with Gasteiger partial charge >= 0.3 is 6.18 Å². The maximum absolute atomic E-state index is 12.9. The van der Waals surface area contributed by atoms with Crippen LogP contribution in [0.2, 0.25) is 0 Å². The van der Waals surface area contributed by atoms with Crippen molar-refractivity contribution in [3.63, 3.8) is 0 Å². The van der Waals surface area contributed by atoms with E-state index in [4.69, 9.17) is 0 Å². The highest BCUT2D eigenvalue weighted by atomic mass is 79.9. The fourth-order valence-electron chi connectivity index (χ4n) is 2.98. The van der Waals surface area contributed by atoms with E-state index in [9.17, 15) is 28.1 Å². The predicted octanol–water partition coefficient (Wildman–Crippen LogP) is 6.80. The Morgan fingerprint density at radius 3 is 2.06 bits per heavy atom. The Balaban J connectivity index is 1.88. The van der Waals surface area contributed by atoms with Gasteiger partial charge in [-0.2, -0.15) is 13.2 Å². The molecule has 0 aliphatic heterocycles. The lowest BCUT2D eigenvalue weighted by Crippen LogP contribution is -2.16. The lowest BCUT2D eigenvalue weighted by Gasteiger charge is -2.21. The van der Waals surface area contributed by atoms with Crippen LogP contribution < -0.4 is 5.32 Å². The Bertz CT molecular complexity index is 1070. The van der Waals surface area contributed by atoms with E-state index in [1.165, 1.54) is 36.4 Å². The molecule has 5 nitrogen and oxygen atoms in total. The number of rotatable bonds is 7. The van der Waals surface area contributed by atoms with Crippen LogP contribution in [0, 0.1) is 10.1 Å². The Hall–Kier alpha value is -3.20. The van der Waals surface area contributed by atoms with Gasteiger partial charge in [-0.15, -0.1) is 0 Å². The number of nitrogens with one attached hydrogen (secondary N) is 1. The molecule has 0 aliphatic rings. The Morgan fingerprint density at radius 2 is 1.55 bits per heavy atom. The molecule has 3 rings (SSSR count). The van der Waals surface area contributed by atoms with Crippen molar-refractivity contribution >= 4 is 33.1 Å². The van der Waals surface area contributed by atoms with Crippen molar-refractivity contribution in [1.82, 2.24) is 0 Å². The van der Waals surface area contributed by atoms with Crippen LogP contribution in [-0.4, -0.2) is 10.7 Å². The van der Waals surface area contributed by atoms with Crippen molar-refractivity contribution in [1.29, 1.82) is 0 Å². The molecule has 0 radical (unpaired) electrons. The second kappa shape index (κ2) is 9.30. The number of ketones is 1. The van der Waals surface area contributed by atoms with Crippen LogP contribution in [0.3, 0.4) is 0 Å². The third kappa shape index (κ3) is 5.91. The fraction of sp³-hybridized carbons (Fsp3) is 0.136. The van der Waals surface area contributed by atoms with Gasteiger partial charge in [0.05, 0.1) is 16.5 Å². The number of Topliss-reactive ketones (excluding diaryl/α,β-unsaturated/α-hetero) is 1. The molecule has 3 aromatic carbocycles. The van der Waals surface area contributed by atoms with Gasteiger partial charge in [0.25, 0.3) is 5.69 Å². The SMILES string of the molecule is O=C(CC(Nc1ccc([N+](=O)[O-])cc1)c1ccc(C(F)(F)F)cc1)c1ccc(Br)cc1. The minimum absolute atomic E-state index is 0.0238. The van der Waals surface area contributed by atoms with Gasteiger partial charge in [-0.05, 0) is 42.0 Å². The molecule has 160 valence electrons. The molecule has 1 N–H and O–H groups in total. The van der Waals surface area contributed by atoms with Crippen LogP contribution in [0.15, 0.2) is 77.3 Å². The monoisotopic (exact) mass is 492 g/mol. The number of nitro groups is 1. The Kier molecular flexibility index (Phi) is 6.74. The number of alkyl halides is 3. The predicted molar refractivity (Wildman–Crippen MR) is 114 cm³/mol. The summed E-state index contributed by atoms with van der Waals surface area (Å²) in [5.41, 5.74) is 0.564. The van der Waals surface area contributed by atoms with Gasteiger partial charge in [-0.3, -0.25) is 14.9 Å². The topological polar surface area (TPSA) is 72.2 Å². The zero-order valence-electron chi connectivity index (χ0n) is 15.9. The summed E-state index contributed by atoms with van der Waals surface area (Å²) in [6.07, 6.45) is -4.49. The average molecular weight is 493 g/mol. The van der Waals surface area contributed by atoms with E-state index >= 15 is 0 Å². The highest BCUT2D eigenvalue weighted by molar-refractivity contribution is 9.10. The number of hydrogen-bond acceptors (Lipinski definition) is 4. The first kappa shape index (κ1) is 22.5. The van der Waals surface area contributed by atoms with E-state index < -0.39 is 22.7 Å². The Labute approximate surface area is 184 Å². The highest BCUT2D eigenvalue weighted by Crippen LogP contribution is 2.32. The number of anilines is 1. The van der Waals surface area contributed by atoms with Gasteiger partial charge in [0.2, 0.25) is 0 Å². The quantitative estimate of drug-likeness (QED) is 0.223. The molecular weight excluding hydrogens is 477 g/mol. The summed E-state index contributed by atoms with van der Waals surface area (Å²) in [6, 6.07) is 16.3. The van der Waals surface area contributed by atoms with Crippen molar-refractivity contribution in [2.45, 2.75) is 18.6 Å². The average Bonchev–Trinajstić information content (AvgIpc) is 2.73. The van der Waals surface area contributed by atoms with Gasteiger partial charge in [0.15, 0.2) is 5.78 Å². The number of nitro benzene ring substituents is 1. The van der Waals surface area contributed by atoms with Gasteiger partial charge in [-0.25, -0.2) is 0 Å². The molecule has 0 aliphatic carbocycles. The van der Waals surface area contributed by atoms with E-state index in [2.05, 4.69) is 21.2 Å². The standard InChI is InChI=1S/C22H16BrF3N2O3/c23-17-7-3-15(4-8-17)21(29)13-20(14-1-5-16(6-2-14)22(24,25)26)27-18-9-11-19(12-10-18)28(30)31/h1-12,20,27H,13H2. The van der Waals surface area contributed by atoms with E-state index in [0.29, 0.717) is 16.8 Å². The summed E-state index contributed by atoms with van der Waals surface area (Å²) < 4.78 is 39.5. The summed E-state index contributed by atoms with van der Waals surface area (Å²) in [7, 11) is 0. The maximum Gasteiger partial charge on any atom is 0.416 e. The molecule has 0 amide bonds. The molecule has 0 saturated carbocycles. The zero-order valence-corrected chi connectivity index (χ0v) is 17.5. The van der Waals surface area contributed by atoms with Crippen LogP contribution in [0.5, 0.6) is 0 Å². The van der Waals surface area contributed by atoms with Crippen molar-refractivity contribution in [3.8, 4) is 0 Å². The largest absolute Gasteiger partial charge is 0.416 e. The molecule has 1 unspecified atom stereocenters. The minimum atomic E-state index is -4.47. The number of nitrogens with zero attached hydrogens (tertiary/aromatic N) is 1. The molecule has 0 saturated heterocycles. The second-order valence-corrected chi connectivity index (χ2v) is 7.67. The van der Waals surface area contributed by atoms with E-state index in [1.807, 2.05) is 0 Å². The second-order valence-electron chi connectivity index (χ2n) is 6.75. The van der Waals surface area contributed by atoms with Gasteiger partial charge < -0.3 is 5.32 Å². The Morgan fingerprint density at radius 1 is 0.968 bits per heavy atom. The number of carbonyl (C=O) groups is 1. The summed E-state index contributed by atoms with van der Waals surface area (Å²) in [5.74, 6) is -0.202. The minimum Gasteiger partial charge on any atom is -0.378 e.